The van der Waals surface area contributed by atoms with E-state index in [2.05, 4.69) is 36.0 Å². The maximum atomic E-state index is 11.1. The quantitative estimate of drug-likeness (QED) is 0.587. The van der Waals surface area contributed by atoms with Crippen LogP contribution in [0.25, 0.3) is 0 Å². The van der Waals surface area contributed by atoms with Gasteiger partial charge in [-0.2, -0.15) is 0 Å². The molecule has 0 aliphatic heterocycles. The van der Waals surface area contributed by atoms with Crippen molar-refractivity contribution in [3.8, 4) is 0 Å². The van der Waals surface area contributed by atoms with Crippen LogP contribution in [-0.4, -0.2) is 29.0 Å². The number of rotatable bonds is 8. The van der Waals surface area contributed by atoms with Gasteiger partial charge >= 0.3 is 0 Å². The Morgan fingerprint density at radius 3 is 2.71 bits per heavy atom. The number of anilines is 2. The highest BCUT2D eigenvalue weighted by Crippen LogP contribution is 2.33. The Morgan fingerprint density at radius 2 is 2.19 bits per heavy atom. The van der Waals surface area contributed by atoms with Gasteiger partial charge in [-0.25, -0.2) is 4.98 Å². The second-order valence-electron chi connectivity index (χ2n) is 5.94. The van der Waals surface area contributed by atoms with Crippen molar-refractivity contribution in [2.75, 3.05) is 23.3 Å². The van der Waals surface area contributed by atoms with Crippen molar-refractivity contribution in [1.29, 1.82) is 0 Å². The summed E-state index contributed by atoms with van der Waals surface area (Å²) < 4.78 is 0. The molecule has 1 N–H and O–H groups in total. The predicted molar refractivity (Wildman–Crippen MR) is 84.9 cm³/mol. The molecule has 21 heavy (non-hydrogen) atoms. The number of aromatic nitrogens is 1. The third-order valence-corrected chi connectivity index (χ3v) is 3.63. The fourth-order valence-electron chi connectivity index (χ4n) is 2.25. The molecule has 0 atom stereocenters. The van der Waals surface area contributed by atoms with Gasteiger partial charge in [-0.15, -0.1) is 0 Å². The molecule has 1 saturated carbocycles. The zero-order valence-corrected chi connectivity index (χ0v) is 13.0. The summed E-state index contributed by atoms with van der Waals surface area (Å²) in [5, 5.41) is 14.3. The minimum Gasteiger partial charge on any atom is -0.370 e. The van der Waals surface area contributed by atoms with E-state index in [1.54, 1.807) is 6.07 Å². The number of hydrogen-bond donors (Lipinski definition) is 1. The van der Waals surface area contributed by atoms with Crippen LogP contribution in [0, 0.1) is 16.0 Å². The minimum atomic E-state index is -0.349. The number of pyridine rings is 1. The van der Waals surface area contributed by atoms with Crippen LogP contribution in [0.2, 0.25) is 0 Å². The maximum Gasteiger partial charge on any atom is 0.276 e. The normalized spacial score (nSPS) is 14.3. The molecule has 1 fully saturated rings. The number of nitro groups is 1. The van der Waals surface area contributed by atoms with Crippen molar-refractivity contribution in [2.45, 2.75) is 46.1 Å². The van der Waals surface area contributed by atoms with Crippen molar-refractivity contribution in [1.82, 2.24) is 4.98 Å². The van der Waals surface area contributed by atoms with Gasteiger partial charge in [-0.1, -0.05) is 6.92 Å². The van der Waals surface area contributed by atoms with E-state index in [1.165, 1.54) is 18.9 Å². The lowest BCUT2D eigenvalue weighted by atomic mass is 10.2. The first-order chi connectivity index (χ1) is 10.0. The van der Waals surface area contributed by atoms with Crippen molar-refractivity contribution in [2.24, 2.45) is 5.92 Å². The van der Waals surface area contributed by atoms with Crippen molar-refractivity contribution in [3.63, 3.8) is 0 Å². The van der Waals surface area contributed by atoms with E-state index in [-0.39, 0.29) is 16.7 Å². The Labute approximate surface area is 125 Å². The molecule has 0 amide bonds. The highest BCUT2D eigenvalue weighted by Gasteiger charge is 2.27. The third-order valence-electron chi connectivity index (χ3n) is 3.63. The Balaban J connectivity index is 2.29. The first-order valence-electron chi connectivity index (χ1n) is 7.68. The number of hydrogen-bond acceptors (Lipinski definition) is 5. The summed E-state index contributed by atoms with van der Waals surface area (Å²) in [4.78, 5) is 17.5. The standard InChI is InChI=1S/C15H24N4O2/c1-4-7-16-14-8-13(19(20)21)9-15(17-14)18(11(2)3)10-12-5-6-12/h8-9,11-12H,4-7,10H2,1-3H3,(H,16,17). The fraction of sp³-hybridized carbons (Fsp3) is 0.667. The molecule has 1 aromatic heterocycles. The molecule has 1 aliphatic rings. The van der Waals surface area contributed by atoms with Crippen LogP contribution in [-0.2, 0) is 0 Å². The van der Waals surface area contributed by atoms with Gasteiger partial charge in [-0.3, -0.25) is 10.1 Å². The molecule has 1 heterocycles. The molecule has 0 spiro atoms. The molecule has 2 rings (SSSR count). The van der Waals surface area contributed by atoms with Gasteiger partial charge in [0.15, 0.2) is 0 Å². The van der Waals surface area contributed by atoms with Crippen LogP contribution in [0.1, 0.15) is 40.0 Å². The second kappa shape index (κ2) is 6.74. The SMILES string of the molecule is CCCNc1cc([N+](=O)[O-])cc(N(CC2CC2)C(C)C)n1. The first-order valence-corrected chi connectivity index (χ1v) is 7.68. The van der Waals surface area contributed by atoms with Gasteiger partial charge in [-0.05, 0) is 39.0 Å². The van der Waals surface area contributed by atoms with E-state index in [1.807, 2.05) is 0 Å². The lowest BCUT2D eigenvalue weighted by molar-refractivity contribution is -0.384. The predicted octanol–water partition coefficient (Wildman–Crippen LogP) is 3.44. The monoisotopic (exact) mass is 292 g/mol. The van der Waals surface area contributed by atoms with Crippen molar-refractivity contribution in [3.05, 3.63) is 22.2 Å². The molecule has 0 aromatic carbocycles. The van der Waals surface area contributed by atoms with Crippen LogP contribution in [0.4, 0.5) is 17.3 Å². The van der Waals surface area contributed by atoms with Crippen LogP contribution in [0.5, 0.6) is 0 Å². The second-order valence-corrected chi connectivity index (χ2v) is 5.94. The molecular formula is C15H24N4O2. The topological polar surface area (TPSA) is 71.3 Å². The Hall–Kier alpha value is -1.85. The zero-order chi connectivity index (χ0) is 15.4. The largest absolute Gasteiger partial charge is 0.370 e. The van der Waals surface area contributed by atoms with Gasteiger partial charge in [0.2, 0.25) is 0 Å². The smallest absolute Gasteiger partial charge is 0.276 e. The molecule has 1 aliphatic carbocycles. The Bertz CT molecular complexity index is 500. The minimum absolute atomic E-state index is 0.0973. The van der Waals surface area contributed by atoms with Crippen LogP contribution in [0.3, 0.4) is 0 Å². The molecule has 6 heteroatoms. The summed E-state index contributed by atoms with van der Waals surface area (Å²) in [7, 11) is 0. The van der Waals surface area contributed by atoms with Gasteiger partial charge in [0, 0.05) is 19.1 Å². The average Bonchev–Trinajstić information content (AvgIpc) is 3.25. The lowest BCUT2D eigenvalue weighted by Gasteiger charge is -2.28. The van der Waals surface area contributed by atoms with Gasteiger partial charge in [0.25, 0.3) is 5.69 Å². The van der Waals surface area contributed by atoms with E-state index >= 15 is 0 Å². The van der Waals surface area contributed by atoms with Gasteiger partial charge in [0.1, 0.15) is 11.6 Å². The molecule has 0 radical (unpaired) electrons. The molecule has 0 unspecified atom stereocenters. The number of nitrogens with one attached hydrogen (secondary N) is 1. The Morgan fingerprint density at radius 1 is 1.48 bits per heavy atom. The van der Waals surface area contributed by atoms with E-state index in [0.717, 1.165) is 19.5 Å². The van der Waals surface area contributed by atoms with Gasteiger partial charge < -0.3 is 10.2 Å². The molecule has 116 valence electrons. The van der Waals surface area contributed by atoms with Gasteiger partial charge in [0.05, 0.1) is 17.1 Å². The fourth-order valence-corrected chi connectivity index (χ4v) is 2.25. The van der Waals surface area contributed by atoms with Crippen molar-refractivity contribution >= 4 is 17.3 Å². The molecule has 0 saturated heterocycles. The summed E-state index contributed by atoms with van der Waals surface area (Å²) in [6.45, 7) is 7.94. The zero-order valence-electron chi connectivity index (χ0n) is 13.0. The highest BCUT2D eigenvalue weighted by atomic mass is 16.6. The molecule has 6 nitrogen and oxygen atoms in total. The lowest BCUT2D eigenvalue weighted by Crippen LogP contribution is -2.33. The summed E-state index contributed by atoms with van der Waals surface area (Å²) in [5.74, 6) is 1.99. The summed E-state index contributed by atoms with van der Waals surface area (Å²) in [6.07, 6.45) is 3.45. The summed E-state index contributed by atoms with van der Waals surface area (Å²) in [6, 6.07) is 3.37. The van der Waals surface area contributed by atoms with Crippen LogP contribution in [0.15, 0.2) is 12.1 Å². The van der Waals surface area contributed by atoms with Crippen molar-refractivity contribution < 1.29 is 4.92 Å². The number of nitrogens with zero attached hydrogens (tertiary/aromatic N) is 3. The van der Waals surface area contributed by atoms with E-state index in [4.69, 9.17) is 0 Å². The van der Waals surface area contributed by atoms with E-state index in [9.17, 15) is 10.1 Å². The summed E-state index contributed by atoms with van der Waals surface area (Å²) >= 11 is 0. The molecule has 0 bridgehead atoms. The maximum absolute atomic E-state index is 11.1. The average molecular weight is 292 g/mol. The highest BCUT2D eigenvalue weighted by molar-refractivity contribution is 5.56. The first kappa shape index (κ1) is 15.5. The van der Waals surface area contributed by atoms with Crippen LogP contribution < -0.4 is 10.2 Å². The van der Waals surface area contributed by atoms with E-state index in [0.29, 0.717) is 17.6 Å². The van der Waals surface area contributed by atoms with E-state index < -0.39 is 0 Å². The molecular weight excluding hydrogens is 268 g/mol. The van der Waals surface area contributed by atoms with Crippen LogP contribution >= 0.6 is 0 Å². The third kappa shape index (κ3) is 4.31. The Kier molecular flexibility index (Phi) is 4.98. The molecule has 1 aromatic rings. The summed E-state index contributed by atoms with van der Waals surface area (Å²) in [5.41, 5.74) is 0.0973.